The number of ether oxygens (including phenoxy) is 1. The molecule has 0 fully saturated rings. The fourth-order valence-electron chi connectivity index (χ4n) is 1.42. The van der Waals surface area contributed by atoms with E-state index in [1.165, 1.54) is 0 Å². The summed E-state index contributed by atoms with van der Waals surface area (Å²) in [6.45, 7) is 3.37. The SMILES string of the molecule is Cc1nnc(OCCCC(F)(F)F)c(C(N)=S)c1C. The van der Waals surface area contributed by atoms with Gasteiger partial charge in [0.1, 0.15) is 4.99 Å². The van der Waals surface area contributed by atoms with Crippen molar-refractivity contribution < 1.29 is 17.9 Å². The molecule has 0 unspecified atom stereocenters. The number of aromatic nitrogens is 2. The molecule has 8 heteroatoms. The molecule has 0 aliphatic heterocycles. The maximum absolute atomic E-state index is 12.0. The van der Waals surface area contributed by atoms with Crippen molar-refractivity contribution in [3.05, 3.63) is 16.8 Å². The zero-order chi connectivity index (χ0) is 14.6. The third kappa shape index (κ3) is 4.62. The lowest BCUT2D eigenvalue weighted by Crippen LogP contribution is -2.17. The topological polar surface area (TPSA) is 61.0 Å². The van der Waals surface area contributed by atoms with Gasteiger partial charge in [-0.15, -0.1) is 5.10 Å². The summed E-state index contributed by atoms with van der Waals surface area (Å²) in [5, 5.41) is 7.61. The fraction of sp³-hybridized carbons (Fsp3) is 0.545. The normalized spacial score (nSPS) is 11.4. The Morgan fingerprint density at radius 3 is 2.47 bits per heavy atom. The van der Waals surface area contributed by atoms with Crippen molar-refractivity contribution in [2.45, 2.75) is 32.9 Å². The van der Waals surface area contributed by atoms with Crippen LogP contribution in [0.25, 0.3) is 0 Å². The highest BCUT2D eigenvalue weighted by Gasteiger charge is 2.26. The quantitative estimate of drug-likeness (QED) is 0.667. The summed E-state index contributed by atoms with van der Waals surface area (Å²) in [6, 6.07) is 0. The van der Waals surface area contributed by atoms with Gasteiger partial charge in [-0.05, 0) is 25.8 Å². The van der Waals surface area contributed by atoms with Crippen LogP contribution >= 0.6 is 12.2 Å². The molecule has 0 saturated carbocycles. The molecule has 0 amide bonds. The summed E-state index contributed by atoms with van der Waals surface area (Å²) in [6.07, 6.45) is -5.26. The number of rotatable bonds is 5. The van der Waals surface area contributed by atoms with Crippen LogP contribution in [0.1, 0.15) is 29.7 Å². The van der Waals surface area contributed by atoms with E-state index in [1.54, 1.807) is 13.8 Å². The second-order valence-electron chi connectivity index (χ2n) is 4.02. The van der Waals surface area contributed by atoms with Gasteiger partial charge < -0.3 is 10.5 Å². The number of halogens is 3. The molecular weight excluding hydrogens is 279 g/mol. The van der Waals surface area contributed by atoms with Crippen molar-refractivity contribution in [1.29, 1.82) is 0 Å². The van der Waals surface area contributed by atoms with Crippen LogP contribution in [-0.4, -0.2) is 28.0 Å². The molecule has 0 aliphatic rings. The van der Waals surface area contributed by atoms with Gasteiger partial charge in [0.15, 0.2) is 0 Å². The molecule has 0 saturated heterocycles. The molecule has 106 valence electrons. The first-order chi connectivity index (χ1) is 8.72. The molecule has 0 aliphatic carbocycles. The maximum atomic E-state index is 12.0. The lowest BCUT2D eigenvalue weighted by atomic mass is 10.1. The molecule has 0 atom stereocenters. The summed E-state index contributed by atoms with van der Waals surface area (Å²) in [7, 11) is 0. The number of nitrogens with zero attached hydrogens (tertiary/aromatic N) is 2. The van der Waals surface area contributed by atoms with Crippen molar-refractivity contribution in [3.8, 4) is 5.88 Å². The Morgan fingerprint density at radius 2 is 1.95 bits per heavy atom. The van der Waals surface area contributed by atoms with E-state index in [-0.39, 0.29) is 23.9 Å². The smallest absolute Gasteiger partial charge is 0.389 e. The minimum atomic E-state index is -4.19. The highest BCUT2D eigenvalue weighted by Crippen LogP contribution is 2.23. The molecule has 0 aromatic carbocycles. The Kier molecular flexibility index (Phi) is 5.04. The number of nitrogens with two attached hydrogens (primary N) is 1. The zero-order valence-electron chi connectivity index (χ0n) is 10.5. The predicted molar refractivity (Wildman–Crippen MR) is 68.2 cm³/mol. The number of thiocarbonyl (C=S) groups is 1. The van der Waals surface area contributed by atoms with Gasteiger partial charge in [-0.3, -0.25) is 0 Å². The third-order valence-corrected chi connectivity index (χ3v) is 2.72. The molecule has 1 heterocycles. The van der Waals surface area contributed by atoms with Crippen LogP contribution in [0.2, 0.25) is 0 Å². The van der Waals surface area contributed by atoms with E-state index >= 15 is 0 Å². The highest BCUT2D eigenvalue weighted by atomic mass is 32.1. The molecule has 1 aromatic heterocycles. The van der Waals surface area contributed by atoms with Crippen molar-refractivity contribution in [1.82, 2.24) is 10.2 Å². The van der Waals surface area contributed by atoms with E-state index in [0.717, 1.165) is 0 Å². The van der Waals surface area contributed by atoms with Crippen molar-refractivity contribution >= 4 is 17.2 Å². The minimum absolute atomic E-state index is 0.0813. The van der Waals surface area contributed by atoms with Gasteiger partial charge in [0.05, 0.1) is 17.9 Å². The second kappa shape index (κ2) is 6.14. The lowest BCUT2D eigenvalue weighted by Gasteiger charge is -2.12. The Morgan fingerprint density at radius 1 is 1.32 bits per heavy atom. The van der Waals surface area contributed by atoms with Crippen LogP contribution in [0.4, 0.5) is 13.2 Å². The molecule has 1 rings (SSSR count). The van der Waals surface area contributed by atoms with Crippen LogP contribution in [0.5, 0.6) is 5.88 Å². The summed E-state index contributed by atoms with van der Waals surface area (Å²) in [5.41, 5.74) is 7.35. The van der Waals surface area contributed by atoms with Crippen molar-refractivity contribution in [3.63, 3.8) is 0 Å². The number of hydrogen-bond donors (Lipinski definition) is 1. The van der Waals surface area contributed by atoms with Gasteiger partial charge in [-0.25, -0.2) is 0 Å². The predicted octanol–water partition coefficient (Wildman–Crippen LogP) is 2.45. The molecule has 19 heavy (non-hydrogen) atoms. The maximum Gasteiger partial charge on any atom is 0.389 e. The Hall–Kier alpha value is -1.44. The van der Waals surface area contributed by atoms with Gasteiger partial charge >= 0.3 is 6.18 Å². The van der Waals surface area contributed by atoms with Crippen LogP contribution in [-0.2, 0) is 0 Å². The van der Waals surface area contributed by atoms with Crippen LogP contribution in [0.3, 0.4) is 0 Å². The Bertz CT molecular complexity index is 477. The van der Waals surface area contributed by atoms with E-state index in [1.807, 2.05) is 0 Å². The monoisotopic (exact) mass is 293 g/mol. The van der Waals surface area contributed by atoms with Gasteiger partial charge in [0.25, 0.3) is 0 Å². The van der Waals surface area contributed by atoms with E-state index in [9.17, 15) is 13.2 Å². The summed E-state index contributed by atoms with van der Waals surface area (Å²) >= 11 is 4.88. The van der Waals surface area contributed by atoms with E-state index in [0.29, 0.717) is 16.8 Å². The largest absolute Gasteiger partial charge is 0.476 e. The standard InChI is InChI=1S/C11H14F3N3OS/c1-6-7(2)16-17-10(8(6)9(15)19)18-5-3-4-11(12,13)14/h3-5H2,1-2H3,(H2,15,19). The fourth-order valence-corrected chi connectivity index (χ4v) is 1.66. The molecule has 0 bridgehead atoms. The molecule has 0 spiro atoms. The zero-order valence-corrected chi connectivity index (χ0v) is 11.4. The first-order valence-corrected chi connectivity index (χ1v) is 5.96. The van der Waals surface area contributed by atoms with Gasteiger partial charge in [0, 0.05) is 6.42 Å². The van der Waals surface area contributed by atoms with Gasteiger partial charge in [0.2, 0.25) is 5.88 Å². The first-order valence-electron chi connectivity index (χ1n) is 5.55. The number of hydrogen-bond acceptors (Lipinski definition) is 4. The van der Waals surface area contributed by atoms with Gasteiger partial charge in [-0.1, -0.05) is 12.2 Å². The second-order valence-corrected chi connectivity index (χ2v) is 4.46. The van der Waals surface area contributed by atoms with Crippen LogP contribution in [0.15, 0.2) is 0 Å². The van der Waals surface area contributed by atoms with Crippen LogP contribution in [0, 0.1) is 13.8 Å². The highest BCUT2D eigenvalue weighted by molar-refractivity contribution is 7.80. The lowest BCUT2D eigenvalue weighted by molar-refractivity contribution is -0.136. The van der Waals surface area contributed by atoms with E-state index in [2.05, 4.69) is 10.2 Å². The van der Waals surface area contributed by atoms with Crippen molar-refractivity contribution in [2.24, 2.45) is 5.73 Å². The molecule has 2 N–H and O–H groups in total. The average molecular weight is 293 g/mol. The average Bonchev–Trinajstić information content (AvgIpc) is 2.27. The number of alkyl halides is 3. The third-order valence-electron chi connectivity index (χ3n) is 2.51. The molecule has 1 aromatic rings. The Balaban J connectivity index is 2.74. The molecule has 4 nitrogen and oxygen atoms in total. The van der Waals surface area contributed by atoms with Crippen molar-refractivity contribution in [2.75, 3.05) is 6.61 Å². The molecule has 0 radical (unpaired) electrons. The van der Waals surface area contributed by atoms with Crippen LogP contribution < -0.4 is 10.5 Å². The van der Waals surface area contributed by atoms with Gasteiger partial charge in [-0.2, -0.15) is 18.3 Å². The number of aryl methyl sites for hydroxylation is 1. The van der Waals surface area contributed by atoms with E-state index < -0.39 is 12.6 Å². The van der Waals surface area contributed by atoms with E-state index in [4.69, 9.17) is 22.7 Å². The Labute approximate surface area is 114 Å². The first kappa shape index (κ1) is 15.6. The summed E-state index contributed by atoms with van der Waals surface area (Å²) in [4.78, 5) is 0.0846. The molecular formula is C11H14F3N3OS. The summed E-state index contributed by atoms with van der Waals surface area (Å²) < 4.78 is 41.1. The minimum Gasteiger partial charge on any atom is -0.476 e. The summed E-state index contributed by atoms with van der Waals surface area (Å²) in [5.74, 6) is 0.0813.